The van der Waals surface area contributed by atoms with Crippen LogP contribution in [0.25, 0.3) is 22.3 Å². The van der Waals surface area contributed by atoms with Gasteiger partial charge in [-0.15, -0.1) is 24.8 Å². The first kappa shape index (κ1) is 30.4. The van der Waals surface area contributed by atoms with Gasteiger partial charge in [0.2, 0.25) is 0 Å². The number of benzene rings is 2. The van der Waals surface area contributed by atoms with Crippen LogP contribution in [-0.2, 0) is 16.4 Å². The molecule has 0 unspecified atom stereocenters. The number of phenolic OH excluding ortho intramolecular Hbond substituents is 1. The van der Waals surface area contributed by atoms with E-state index in [1.807, 2.05) is 38.4 Å². The maximum absolute atomic E-state index is 12.6. The summed E-state index contributed by atoms with van der Waals surface area (Å²) < 4.78 is 30.4. The third-order valence-corrected chi connectivity index (χ3v) is 6.74. The molecule has 0 amide bonds. The lowest BCUT2D eigenvalue weighted by molar-refractivity contribution is 0.374. The molecule has 37 heavy (non-hydrogen) atoms. The highest BCUT2D eigenvalue weighted by Crippen LogP contribution is 2.39. The molecule has 2 aromatic heterocycles. The average Bonchev–Trinajstić information content (AvgIpc) is 2.80. The number of ether oxygens (including phenoxy) is 1. The predicted molar refractivity (Wildman–Crippen MR) is 153 cm³/mol. The van der Waals surface area contributed by atoms with Crippen LogP contribution >= 0.6 is 36.4 Å². The molecule has 0 saturated carbocycles. The van der Waals surface area contributed by atoms with Crippen molar-refractivity contribution in [1.29, 1.82) is 0 Å². The Labute approximate surface area is 233 Å². The molecular formula is C25H27Cl3N4O4S. The highest BCUT2D eigenvalue weighted by Gasteiger charge is 2.20. The first-order valence-electron chi connectivity index (χ1n) is 10.6. The second-order valence-corrected chi connectivity index (χ2v) is 10.8. The number of rotatable bonds is 7. The summed E-state index contributed by atoms with van der Waals surface area (Å²) >= 11 is 6.17. The Balaban J connectivity index is 0.00000241. The molecule has 0 aliphatic carbocycles. The van der Waals surface area contributed by atoms with Crippen LogP contribution in [0.1, 0.15) is 5.56 Å². The Kier molecular flexibility index (Phi) is 9.98. The molecular weight excluding hydrogens is 559 g/mol. The van der Waals surface area contributed by atoms with Crippen LogP contribution in [0.2, 0.25) is 5.02 Å². The van der Waals surface area contributed by atoms with Crippen molar-refractivity contribution in [2.45, 2.75) is 11.4 Å². The quantitative estimate of drug-likeness (QED) is 0.284. The zero-order chi connectivity index (χ0) is 25.3. The van der Waals surface area contributed by atoms with Gasteiger partial charge in [-0.05, 0) is 56.1 Å². The largest absolute Gasteiger partial charge is 0.503 e. The number of hydrogen-bond donors (Lipinski definition) is 2. The topological polar surface area (TPSA) is 105 Å². The summed E-state index contributed by atoms with van der Waals surface area (Å²) in [6, 6.07) is 14.4. The molecule has 2 N–H and O–H groups in total. The van der Waals surface area contributed by atoms with E-state index < -0.39 is 9.84 Å². The van der Waals surface area contributed by atoms with Gasteiger partial charge in [-0.2, -0.15) is 0 Å². The normalized spacial score (nSPS) is 11.1. The summed E-state index contributed by atoms with van der Waals surface area (Å²) in [4.78, 5) is 11.1. The van der Waals surface area contributed by atoms with Crippen LogP contribution in [0.15, 0.2) is 59.6 Å². The van der Waals surface area contributed by atoms with Gasteiger partial charge in [-0.25, -0.2) is 13.4 Å². The van der Waals surface area contributed by atoms with Crippen LogP contribution < -0.4 is 10.1 Å². The van der Waals surface area contributed by atoms with Crippen molar-refractivity contribution >= 4 is 68.7 Å². The third-order valence-electron chi connectivity index (χ3n) is 5.34. The Hall–Kier alpha value is -2.82. The lowest BCUT2D eigenvalue weighted by atomic mass is 10.1. The number of hydrogen-bond acceptors (Lipinski definition) is 8. The van der Waals surface area contributed by atoms with Gasteiger partial charge in [0, 0.05) is 30.2 Å². The van der Waals surface area contributed by atoms with E-state index in [2.05, 4.69) is 15.2 Å². The summed E-state index contributed by atoms with van der Waals surface area (Å²) in [5, 5.41) is 13.4. The summed E-state index contributed by atoms with van der Waals surface area (Å²) in [6.45, 7) is 0.788. The summed E-state index contributed by atoms with van der Waals surface area (Å²) in [7, 11) is 1.80. The number of aromatic hydroxyl groups is 1. The number of sulfone groups is 1. The molecule has 2 aromatic carbocycles. The fourth-order valence-electron chi connectivity index (χ4n) is 3.69. The Bertz CT molecular complexity index is 1520. The maximum atomic E-state index is 12.6. The zero-order valence-corrected chi connectivity index (χ0v) is 23.7. The number of halogens is 3. The van der Waals surface area contributed by atoms with Crippen molar-refractivity contribution in [3.05, 3.63) is 65.3 Å². The molecule has 0 aliphatic heterocycles. The van der Waals surface area contributed by atoms with Crippen molar-refractivity contribution in [2.24, 2.45) is 0 Å². The van der Waals surface area contributed by atoms with Gasteiger partial charge >= 0.3 is 0 Å². The van der Waals surface area contributed by atoms with E-state index in [1.54, 1.807) is 24.3 Å². The number of aromatic nitrogens is 2. The van der Waals surface area contributed by atoms with Crippen molar-refractivity contribution in [1.82, 2.24) is 14.9 Å². The molecule has 4 rings (SSSR count). The van der Waals surface area contributed by atoms with Crippen molar-refractivity contribution in [2.75, 3.05) is 32.8 Å². The van der Waals surface area contributed by atoms with Gasteiger partial charge < -0.3 is 20.1 Å². The molecule has 0 atom stereocenters. The van der Waals surface area contributed by atoms with E-state index in [9.17, 15) is 13.5 Å². The molecule has 8 nitrogen and oxygen atoms in total. The Morgan fingerprint density at radius 1 is 1.08 bits per heavy atom. The van der Waals surface area contributed by atoms with E-state index in [1.165, 1.54) is 13.3 Å². The maximum Gasteiger partial charge on any atom is 0.179 e. The second-order valence-electron chi connectivity index (χ2n) is 8.40. The Morgan fingerprint density at radius 3 is 2.35 bits per heavy atom. The first-order chi connectivity index (χ1) is 16.6. The van der Waals surface area contributed by atoms with E-state index in [4.69, 9.17) is 21.3 Å². The number of fused-ring (bicyclic) bond motifs is 1. The van der Waals surface area contributed by atoms with Gasteiger partial charge in [0.05, 0.1) is 29.0 Å². The summed E-state index contributed by atoms with van der Waals surface area (Å²) in [6.07, 6.45) is 2.47. The molecule has 0 spiro atoms. The molecule has 0 saturated heterocycles. The van der Waals surface area contributed by atoms with Crippen LogP contribution in [0, 0.1) is 0 Å². The highest BCUT2D eigenvalue weighted by atomic mass is 35.5. The number of pyridine rings is 2. The van der Waals surface area contributed by atoms with Crippen molar-refractivity contribution in [3.8, 4) is 22.8 Å². The molecule has 198 valence electrons. The van der Waals surface area contributed by atoms with Gasteiger partial charge in [-0.3, -0.25) is 4.98 Å². The van der Waals surface area contributed by atoms with E-state index in [-0.39, 0.29) is 46.2 Å². The smallest absolute Gasteiger partial charge is 0.179 e. The SMILES string of the molecule is COc1cc(-c2ccc3ncc(S(C)(=O)=O)c(Nc4ccc(CN(C)C)cc4)c3n2)cc(Cl)c1O.Cl.Cl. The molecule has 0 bridgehead atoms. The fraction of sp³-hybridized carbons (Fsp3) is 0.200. The number of phenols is 1. The minimum Gasteiger partial charge on any atom is -0.503 e. The molecule has 0 aliphatic rings. The summed E-state index contributed by atoms with van der Waals surface area (Å²) in [5.74, 6) is 0.0355. The van der Waals surface area contributed by atoms with E-state index >= 15 is 0 Å². The number of nitrogens with one attached hydrogen (secondary N) is 1. The minimum absolute atomic E-state index is 0. The second kappa shape index (κ2) is 12.1. The monoisotopic (exact) mass is 584 g/mol. The Morgan fingerprint density at radius 2 is 1.76 bits per heavy atom. The molecule has 12 heteroatoms. The first-order valence-corrected chi connectivity index (χ1v) is 12.9. The standard InChI is InChI=1S/C25H25ClN4O4S.2ClH/c1-30(2)14-15-5-7-17(8-6-15)28-24-22(35(4,32)33)13-27-20-10-9-19(29-23(20)24)16-11-18(26)25(31)21(12-16)34-3;;/h5-13,31H,14H2,1-4H3,(H,27,28);2*1H. The highest BCUT2D eigenvalue weighted by molar-refractivity contribution is 7.90. The number of nitrogens with zero attached hydrogens (tertiary/aromatic N) is 3. The van der Waals surface area contributed by atoms with Gasteiger partial charge in [0.25, 0.3) is 0 Å². The predicted octanol–water partition coefficient (Wildman–Crippen LogP) is 5.72. The minimum atomic E-state index is -3.62. The fourth-order valence-corrected chi connectivity index (χ4v) is 4.67. The van der Waals surface area contributed by atoms with Crippen molar-refractivity contribution in [3.63, 3.8) is 0 Å². The van der Waals surface area contributed by atoms with Gasteiger partial charge in [0.15, 0.2) is 21.3 Å². The van der Waals surface area contributed by atoms with Crippen LogP contribution in [0.5, 0.6) is 11.5 Å². The van der Waals surface area contributed by atoms with Crippen LogP contribution in [0.3, 0.4) is 0 Å². The lowest BCUT2D eigenvalue weighted by Gasteiger charge is -2.15. The number of anilines is 2. The zero-order valence-electron chi connectivity index (χ0n) is 20.5. The molecule has 0 fully saturated rings. The average molecular weight is 586 g/mol. The third kappa shape index (κ3) is 6.74. The molecule has 2 heterocycles. The molecule has 4 aromatic rings. The van der Waals surface area contributed by atoms with Crippen molar-refractivity contribution < 1.29 is 18.3 Å². The van der Waals surface area contributed by atoms with Gasteiger partial charge in [0.1, 0.15) is 10.4 Å². The van der Waals surface area contributed by atoms with Crippen LogP contribution in [-0.4, -0.2) is 55.9 Å². The van der Waals surface area contributed by atoms with E-state index in [0.717, 1.165) is 18.4 Å². The van der Waals surface area contributed by atoms with E-state index in [0.29, 0.717) is 33.7 Å². The van der Waals surface area contributed by atoms with Gasteiger partial charge in [-0.1, -0.05) is 23.7 Å². The summed E-state index contributed by atoms with van der Waals surface area (Å²) in [5.41, 5.74) is 4.17. The molecule has 0 radical (unpaired) electrons. The lowest BCUT2D eigenvalue weighted by Crippen LogP contribution is -2.10. The van der Waals surface area contributed by atoms with Crippen LogP contribution in [0.4, 0.5) is 11.4 Å². The number of methoxy groups -OCH3 is 1.